The predicted octanol–water partition coefficient (Wildman–Crippen LogP) is 0.862. The van der Waals surface area contributed by atoms with Gasteiger partial charge in [-0.3, -0.25) is 14.4 Å². The molecule has 0 saturated carbocycles. The third-order valence-corrected chi connectivity index (χ3v) is 2.43. The van der Waals surface area contributed by atoms with Crippen molar-refractivity contribution < 1.29 is 19.5 Å². The molecule has 110 valence electrons. The first-order valence-electron chi connectivity index (χ1n) is 6.63. The van der Waals surface area contributed by atoms with E-state index in [1.165, 1.54) is 4.90 Å². The second-order valence-corrected chi connectivity index (χ2v) is 4.87. The number of rotatable bonds is 9. The number of hydrogen-bond acceptors (Lipinski definition) is 3. The van der Waals surface area contributed by atoms with Crippen molar-refractivity contribution in [2.75, 3.05) is 19.6 Å². The van der Waals surface area contributed by atoms with Gasteiger partial charge in [0.25, 0.3) is 0 Å². The maximum atomic E-state index is 11.9. The number of carbonyl (C=O) groups excluding carboxylic acids is 2. The minimum atomic E-state index is -1.02. The van der Waals surface area contributed by atoms with Gasteiger partial charge in [-0.05, 0) is 19.3 Å². The van der Waals surface area contributed by atoms with Gasteiger partial charge in [0.05, 0.1) is 0 Å². The molecular formula is C13H24N2O4. The van der Waals surface area contributed by atoms with Crippen molar-refractivity contribution in [3.63, 3.8) is 0 Å². The summed E-state index contributed by atoms with van der Waals surface area (Å²) in [5.74, 6) is -1.09. The molecule has 0 aliphatic rings. The van der Waals surface area contributed by atoms with Crippen molar-refractivity contribution in [3.05, 3.63) is 0 Å². The molecule has 6 nitrogen and oxygen atoms in total. The maximum Gasteiger partial charge on any atom is 0.323 e. The standard InChI is InChI=1S/C13H24N2O4/c1-4-14-11(16)6-5-7-12(17)15(8-10(2)3)9-13(18)19/h10H,4-9H2,1-3H3,(H,14,16)(H,18,19). The first-order chi connectivity index (χ1) is 8.86. The molecular weight excluding hydrogens is 248 g/mol. The van der Waals surface area contributed by atoms with Gasteiger partial charge in [-0.25, -0.2) is 0 Å². The zero-order valence-electron chi connectivity index (χ0n) is 11.9. The van der Waals surface area contributed by atoms with E-state index in [1.54, 1.807) is 0 Å². The summed E-state index contributed by atoms with van der Waals surface area (Å²) in [6.45, 7) is 6.41. The number of hydrogen-bond donors (Lipinski definition) is 2. The second kappa shape index (κ2) is 9.35. The molecule has 0 aromatic heterocycles. The average molecular weight is 272 g/mol. The first kappa shape index (κ1) is 17.4. The Balaban J connectivity index is 4.16. The summed E-state index contributed by atoms with van der Waals surface area (Å²) < 4.78 is 0. The van der Waals surface area contributed by atoms with Gasteiger partial charge < -0.3 is 15.3 Å². The fraction of sp³-hybridized carbons (Fsp3) is 0.769. The van der Waals surface area contributed by atoms with Gasteiger partial charge in [-0.1, -0.05) is 13.8 Å². The first-order valence-corrected chi connectivity index (χ1v) is 6.63. The van der Waals surface area contributed by atoms with Crippen LogP contribution in [0.25, 0.3) is 0 Å². The Bertz CT molecular complexity index is 316. The molecule has 2 amide bonds. The normalized spacial score (nSPS) is 10.3. The SMILES string of the molecule is CCNC(=O)CCCC(=O)N(CC(=O)O)CC(C)C. The number of nitrogens with one attached hydrogen (secondary N) is 1. The number of aliphatic carboxylic acids is 1. The lowest BCUT2D eigenvalue weighted by Gasteiger charge is -2.22. The van der Waals surface area contributed by atoms with Crippen LogP contribution in [0.15, 0.2) is 0 Å². The van der Waals surface area contributed by atoms with E-state index in [0.29, 0.717) is 25.9 Å². The fourth-order valence-corrected chi connectivity index (χ4v) is 1.70. The molecule has 0 aromatic carbocycles. The molecule has 0 fully saturated rings. The van der Waals surface area contributed by atoms with Crippen LogP contribution in [-0.4, -0.2) is 47.4 Å². The van der Waals surface area contributed by atoms with Crippen LogP contribution in [0.4, 0.5) is 0 Å². The number of nitrogens with zero attached hydrogens (tertiary/aromatic N) is 1. The topological polar surface area (TPSA) is 86.7 Å². The van der Waals surface area contributed by atoms with Crippen molar-refractivity contribution in [1.29, 1.82) is 0 Å². The molecule has 0 spiro atoms. The Morgan fingerprint density at radius 3 is 2.32 bits per heavy atom. The Morgan fingerprint density at radius 2 is 1.84 bits per heavy atom. The van der Waals surface area contributed by atoms with Crippen LogP contribution in [0.1, 0.15) is 40.0 Å². The van der Waals surface area contributed by atoms with Gasteiger partial charge >= 0.3 is 5.97 Å². The Kier molecular flexibility index (Phi) is 8.57. The molecule has 0 bridgehead atoms. The molecule has 0 unspecified atom stereocenters. The van der Waals surface area contributed by atoms with E-state index in [-0.39, 0.29) is 30.7 Å². The summed E-state index contributed by atoms with van der Waals surface area (Å²) in [7, 11) is 0. The van der Waals surface area contributed by atoms with Crippen LogP contribution in [0.5, 0.6) is 0 Å². The van der Waals surface area contributed by atoms with Crippen LogP contribution >= 0.6 is 0 Å². The zero-order valence-corrected chi connectivity index (χ0v) is 11.9. The minimum Gasteiger partial charge on any atom is -0.480 e. The summed E-state index contributed by atoms with van der Waals surface area (Å²) >= 11 is 0. The molecule has 0 aliphatic carbocycles. The highest BCUT2D eigenvalue weighted by Crippen LogP contribution is 2.05. The van der Waals surface area contributed by atoms with Gasteiger partial charge in [-0.15, -0.1) is 0 Å². The van der Waals surface area contributed by atoms with Crippen molar-refractivity contribution in [2.45, 2.75) is 40.0 Å². The average Bonchev–Trinajstić information content (AvgIpc) is 2.27. The number of carboxylic acids is 1. The Labute approximate surface area is 114 Å². The Hall–Kier alpha value is -1.59. The maximum absolute atomic E-state index is 11.9. The molecule has 0 aromatic rings. The van der Waals surface area contributed by atoms with Crippen molar-refractivity contribution in [3.8, 4) is 0 Å². The monoisotopic (exact) mass is 272 g/mol. The van der Waals surface area contributed by atoms with Crippen molar-refractivity contribution in [1.82, 2.24) is 10.2 Å². The summed E-state index contributed by atoms with van der Waals surface area (Å²) in [4.78, 5) is 35.1. The lowest BCUT2D eigenvalue weighted by Crippen LogP contribution is -2.38. The molecule has 6 heteroatoms. The predicted molar refractivity (Wildman–Crippen MR) is 71.6 cm³/mol. The highest BCUT2D eigenvalue weighted by molar-refractivity contribution is 5.82. The summed E-state index contributed by atoms with van der Waals surface area (Å²) in [6, 6.07) is 0. The van der Waals surface area contributed by atoms with Crippen LogP contribution in [0.2, 0.25) is 0 Å². The van der Waals surface area contributed by atoms with Gasteiger partial charge in [0.15, 0.2) is 0 Å². The zero-order chi connectivity index (χ0) is 14.8. The summed E-state index contributed by atoms with van der Waals surface area (Å²) in [5.41, 5.74) is 0. The van der Waals surface area contributed by atoms with E-state index in [0.717, 1.165) is 0 Å². The number of carboxylic acid groups (broad SMARTS) is 1. The lowest BCUT2D eigenvalue weighted by molar-refractivity contribution is -0.145. The molecule has 0 heterocycles. The third kappa shape index (κ3) is 9.04. The quantitative estimate of drug-likeness (QED) is 0.652. The number of carbonyl (C=O) groups is 3. The molecule has 0 atom stereocenters. The van der Waals surface area contributed by atoms with Crippen molar-refractivity contribution >= 4 is 17.8 Å². The van der Waals surface area contributed by atoms with Gasteiger partial charge in [0.2, 0.25) is 11.8 Å². The van der Waals surface area contributed by atoms with Crippen LogP contribution in [0.3, 0.4) is 0 Å². The van der Waals surface area contributed by atoms with Crippen LogP contribution in [-0.2, 0) is 14.4 Å². The molecule has 19 heavy (non-hydrogen) atoms. The van der Waals surface area contributed by atoms with E-state index >= 15 is 0 Å². The highest BCUT2D eigenvalue weighted by atomic mass is 16.4. The fourth-order valence-electron chi connectivity index (χ4n) is 1.70. The van der Waals surface area contributed by atoms with E-state index in [2.05, 4.69) is 5.32 Å². The largest absolute Gasteiger partial charge is 0.480 e. The van der Waals surface area contributed by atoms with Gasteiger partial charge in [-0.2, -0.15) is 0 Å². The number of amides is 2. The molecule has 0 saturated heterocycles. The minimum absolute atomic E-state index is 0.0797. The van der Waals surface area contributed by atoms with Gasteiger partial charge in [0, 0.05) is 25.9 Å². The van der Waals surface area contributed by atoms with E-state index in [1.807, 2.05) is 20.8 Å². The van der Waals surface area contributed by atoms with Crippen molar-refractivity contribution in [2.24, 2.45) is 5.92 Å². The van der Waals surface area contributed by atoms with E-state index in [9.17, 15) is 14.4 Å². The third-order valence-electron chi connectivity index (χ3n) is 2.43. The van der Waals surface area contributed by atoms with E-state index in [4.69, 9.17) is 5.11 Å². The Morgan fingerprint density at radius 1 is 1.21 bits per heavy atom. The van der Waals surface area contributed by atoms with Gasteiger partial charge in [0.1, 0.15) is 6.54 Å². The summed E-state index contributed by atoms with van der Waals surface area (Å²) in [6.07, 6.45) is 0.943. The van der Waals surface area contributed by atoms with E-state index < -0.39 is 5.97 Å². The summed E-state index contributed by atoms with van der Waals surface area (Å²) in [5, 5.41) is 11.4. The molecule has 0 radical (unpaired) electrons. The molecule has 0 rings (SSSR count). The molecule has 0 aliphatic heterocycles. The van der Waals surface area contributed by atoms with Crippen LogP contribution in [0, 0.1) is 5.92 Å². The molecule has 2 N–H and O–H groups in total. The highest BCUT2D eigenvalue weighted by Gasteiger charge is 2.17. The lowest BCUT2D eigenvalue weighted by atomic mass is 10.1. The van der Waals surface area contributed by atoms with Crippen LogP contribution < -0.4 is 5.32 Å². The smallest absolute Gasteiger partial charge is 0.323 e. The second-order valence-electron chi connectivity index (χ2n) is 4.87.